The van der Waals surface area contributed by atoms with Gasteiger partial charge in [-0.05, 0) is 38.0 Å². The molecule has 1 aliphatic carbocycles. The molecule has 2 atom stereocenters. The summed E-state index contributed by atoms with van der Waals surface area (Å²) >= 11 is 0. The number of rotatable bonds is 2. The number of nitrogens with zero attached hydrogens (tertiary/aromatic N) is 2. The molecule has 1 saturated carbocycles. The average Bonchev–Trinajstić information content (AvgIpc) is 3.00. The Hall–Kier alpha value is -1.84. The molecule has 17 heavy (non-hydrogen) atoms. The largest absolute Gasteiger partial charge is 0.481 e. The van der Waals surface area contributed by atoms with Crippen molar-refractivity contribution in [3.05, 3.63) is 35.3 Å². The van der Waals surface area contributed by atoms with Crippen molar-refractivity contribution in [3.8, 4) is 0 Å². The molecule has 0 amide bonds. The summed E-state index contributed by atoms with van der Waals surface area (Å²) < 4.78 is 2.03. The van der Waals surface area contributed by atoms with E-state index in [-0.39, 0.29) is 11.8 Å². The van der Waals surface area contributed by atoms with Gasteiger partial charge in [0.2, 0.25) is 0 Å². The summed E-state index contributed by atoms with van der Waals surface area (Å²) in [6.45, 7) is 4.03. The number of aliphatic carboxylic acids is 1. The number of carbonyl (C=O) groups is 1. The van der Waals surface area contributed by atoms with Crippen molar-refractivity contribution in [3.63, 3.8) is 0 Å². The van der Waals surface area contributed by atoms with E-state index in [0.29, 0.717) is 0 Å². The normalized spacial score (nSPS) is 22.9. The fourth-order valence-corrected chi connectivity index (χ4v) is 2.41. The van der Waals surface area contributed by atoms with E-state index in [9.17, 15) is 4.79 Å². The van der Waals surface area contributed by atoms with Crippen molar-refractivity contribution >= 4 is 11.6 Å². The Balaban J connectivity index is 2.07. The lowest BCUT2D eigenvalue weighted by atomic mass is 10.2. The fraction of sp³-hybridized carbons (Fsp3) is 0.385. The van der Waals surface area contributed by atoms with E-state index in [4.69, 9.17) is 5.11 Å². The van der Waals surface area contributed by atoms with E-state index in [1.54, 1.807) is 0 Å². The van der Waals surface area contributed by atoms with Crippen LogP contribution in [0.3, 0.4) is 0 Å². The van der Waals surface area contributed by atoms with Gasteiger partial charge in [-0.15, -0.1) is 0 Å². The molecule has 0 radical (unpaired) electrons. The van der Waals surface area contributed by atoms with Crippen LogP contribution < -0.4 is 0 Å². The molecule has 2 heterocycles. The second-order valence-electron chi connectivity index (χ2n) is 4.80. The number of fused-ring (bicyclic) bond motifs is 1. The highest BCUT2D eigenvalue weighted by molar-refractivity contribution is 5.75. The molecular weight excluding hydrogens is 216 g/mol. The van der Waals surface area contributed by atoms with Gasteiger partial charge in [0.05, 0.1) is 11.6 Å². The van der Waals surface area contributed by atoms with Gasteiger partial charge in [0, 0.05) is 17.8 Å². The smallest absolute Gasteiger partial charge is 0.307 e. The third kappa shape index (κ3) is 1.52. The maximum absolute atomic E-state index is 10.9. The minimum Gasteiger partial charge on any atom is -0.481 e. The van der Waals surface area contributed by atoms with E-state index in [1.807, 2.05) is 36.6 Å². The summed E-state index contributed by atoms with van der Waals surface area (Å²) in [6.07, 6.45) is 2.72. The third-order valence-corrected chi connectivity index (χ3v) is 3.52. The zero-order chi connectivity index (χ0) is 12.2. The van der Waals surface area contributed by atoms with Crippen LogP contribution in [0.15, 0.2) is 18.3 Å². The summed E-state index contributed by atoms with van der Waals surface area (Å²) in [7, 11) is 0. The lowest BCUT2D eigenvalue weighted by molar-refractivity contribution is -0.138. The summed E-state index contributed by atoms with van der Waals surface area (Å²) in [6, 6.07) is 4.06. The van der Waals surface area contributed by atoms with Crippen LogP contribution in [0.25, 0.3) is 5.65 Å². The molecule has 0 spiro atoms. The Morgan fingerprint density at radius 2 is 2.29 bits per heavy atom. The number of aromatic nitrogens is 2. The van der Waals surface area contributed by atoms with Crippen molar-refractivity contribution < 1.29 is 9.90 Å². The van der Waals surface area contributed by atoms with E-state index in [2.05, 4.69) is 4.98 Å². The molecule has 1 fully saturated rings. The highest BCUT2D eigenvalue weighted by atomic mass is 16.4. The molecule has 1 aliphatic rings. The predicted octanol–water partition coefficient (Wildman–Crippen LogP) is 2.14. The summed E-state index contributed by atoms with van der Waals surface area (Å²) in [4.78, 5) is 15.5. The topological polar surface area (TPSA) is 54.6 Å². The van der Waals surface area contributed by atoms with E-state index < -0.39 is 5.97 Å². The SMILES string of the molecule is Cc1ccn2c(C)c(C3CC3C(=O)O)nc2c1. The first-order valence-corrected chi connectivity index (χ1v) is 5.76. The molecule has 3 rings (SSSR count). The zero-order valence-corrected chi connectivity index (χ0v) is 9.84. The first-order chi connectivity index (χ1) is 8.08. The Morgan fingerprint density at radius 3 is 2.94 bits per heavy atom. The lowest BCUT2D eigenvalue weighted by Gasteiger charge is -1.97. The molecular formula is C13H14N2O2. The Kier molecular flexibility index (Phi) is 2.02. The highest BCUT2D eigenvalue weighted by Crippen LogP contribution is 2.48. The number of hydrogen-bond donors (Lipinski definition) is 1. The van der Waals surface area contributed by atoms with E-state index in [0.717, 1.165) is 23.5 Å². The molecule has 4 nitrogen and oxygen atoms in total. The van der Waals surface area contributed by atoms with Crippen LogP contribution in [0.2, 0.25) is 0 Å². The molecule has 0 aliphatic heterocycles. The van der Waals surface area contributed by atoms with Gasteiger partial charge in [-0.3, -0.25) is 4.79 Å². The minimum atomic E-state index is -0.706. The maximum atomic E-state index is 10.9. The van der Waals surface area contributed by atoms with Crippen LogP contribution in [0.5, 0.6) is 0 Å². The van der Waals surface area contributed by atoms with Crippen LogP contribution >= 0.6 is 0 Å². The second-order valence-corrected chi connectivity index (χ2v) is 4.80. The minimum absolute atomic E-state index is 0.104. The van der Waals surface area contributed by atoms with E-state index in [1.165, 1.54) is 5.56 Å². The first-order valence-electron chi connectivity index (χ1n) is 5.76. The van der Waals surface area contributed by atoms with Crippen molar-refractivity contribution in [1.29, 1.82) is 0 Å². The monoisotopic (exact) mass is 230 g/mol. The molecule has 1 N–H and O–H groups in total. The first kappa shape index (κ1) is 10.3. The van der Waals surface area contributed by atoms with E-state index >= 15 is 0 Å². The average molecular weight is 230 g/mol. The van der Waals surface area contributed by atoms with Crippen molar-refractivity contribution in [2.45, 2.75) is 26.2 Å². The molecule has 4 heteroatoms. The maximum Gasteiger partial charge on any atom is 0.307 e. The number of aryl methyl sites for hydroxylation is 2. The van der Waals surface area contributed by atoms with Crippen LogP contribution in [-0.2, 0) is 4.79 Å². The highest BCUT2D eigenvalue weighted by Gasteiger charge is 2.46. The van der Waals surface area contributed by atoms with Gasteiger partial charge in [0.25, 0.3) is 0 Å². The van der Waals surface area contributed by atoms with Crippen LogP contribution in [0.1, 0.15) is 29.3 Å². The summed E-state index contributed by atoms with van der Waals surface area (Å²) in [5, 5.41) is 8.96. The molecule has 2 aromatic heterocycles. The lowest BCUT2D eigenvalue weighted by Crippen LogP contribution is -1.99. The molecule has 0 aromatic carbocycles. The molecule has 0 saturated heterocycles. The number of imidazole rings is 1. The quantitative estimate of drug-likeness (QED) is 0.859. The molecule has 2 unspecified atom stereocenters. The Morgan fingerprint density at radius 1 is 1.53 bits per heavy atom. The molecule has 0 bridgehead atoms. The number of pyridine rings is 1. The second kappa shape index (κ2) is 3.32. The number of carboxylic acids is 1. The summed E-state index contributed by atoms with van der Waals surface area (Å²) in [5.74, 6) is -0.838. The van der Waals surface area contributed by atoms with Gasteiger partial charge >= 0.3 is 5.97 Å². The standard InChI is InChI=1S/C13H14N2O2/c1-7-3-4-15-8(2)12(14-11(15)5-7)9-6-10(9)13(16)17/h3-5,9-10H,6H2,1-2H3,(H,16,17). The van der Waals surface area contributed by atoms with Gasteiger partial charge < -0.3 is 9.51 Å². The summed E-state index contributed by atoms with van der Waals surface area (Å²) in [5.41, 5.74) is 4.09. The van der Waals surface area contributed by atoms with Gasteiger partial charge in [-0.1, -0.05) is 0 Å². The van der Waals surface area contributed by atoms with Crippen molar-refractivity contribution in [2.24, 2.45) is 5.92 Å². The Bertz CT molecular complexity index is 615. The number of carboxylic acid groups (broad SMARTS) is 1. The molecule has 2 aromatic rings. The zero-order valence-electron chi connectivity index (χ0n) is 9.84. The van der Waals surface area contributed by atoms with Gasteiger partial charge in [0.15, 0.2) is 0 Å². The Labute approximate surface area is 98.9 Å². The van der Waals surface area contributed by atoms with Crippen molar-refractivity contribution in [2.75, 3.05) is 0 Å². The van der Waals surface area contributed by atoms with Crippen LogP contribution in [-0.4, -0.2) is 20.5 Å². The predicted molar refractivity (Wildman–Crippen MR) is 63.1 cm³/mol. The molecule has 88 valence electrons. The van der Waals surface area contributed by atoms with Gasteiger partial charge in [-0.2, -0.15) is 0 Å². The fourth-order valence-electron chi connectivity index (χ4n) is 2.41. The van der Waals surface area contributed by atoms with Crippen molar-refractivity contribution in [1.82, 2.24) is 9.38 Å². The van der Waals surface area contributed by atoms with Gasteiger partial charge in [0.1, 0.15) is 5.65 Å². The third-order valence-electron chi connectivity index (χ3n) is 3.52. The van der Waals surface area contributed by atoms with Gasteiger partial charge in [-0.25, -0.2) is 4.98 Å². The van der Waals surface area contributed by atoms with Crippen LogP contribution in [0.4, 0.5) is 0 Å². The van der Waals surface area contributed by atoms with Crippen LogP contribution in [0, 0.1) is 19.8 Å². The number of hydrogen-bond acceptors (Lipinski definition) is 2.